The topological polar surface area (TPSA) is 41.1 Å². The van der Waals surface area contributed by atoms with Crippen LogP contribution < -0.4 is 10.6 Å². The van der Waals surface area contributed by atoms with Crippen molar-refractivity contribution in [3.05, 3.63) is 0 Å². The zero-order chi connectivity index (χ0) is 10.6. The second-order valence-electron chi connectivity index (χ2n) is 4.25. The van der Waals surface area contributed by atoms with Gasteiger partial charge in [-0.2, -0.15) is 0 Å². The van der Waals surface area contributed by atoms with Crippen molar-refractivity contribution < 1.29 is 4.79 Å². The minimum atomic E-state index is -0.0600. The zero-order valence-corrected chi connectivity index (χ0v) is 9.52. The lowest BCUT2D eigenvalue weighted by Gasteiger charge is -2.44. The van der Waals surface area contributed by atoms with Crippen molar-refractivity contribution in [2.24, 2.45) is 0 Å². The Hall–Kier alpha value is -0.570. The second-order valence-corrected chi connectivity index (χ2v) is 4.25. The first-order valence-corrected chi connectivity index (χ1v) is 5.69. The molecule has 0 aromatic rings. The van der Waals surface area contributed by atoms with Crippen LogP contribution in [0, 0.1) is 0 Å². The maximum atomic E-state index is 11.5. The molecule has 1 amide bonds. The van der Waals surface area contributed by atoms with E-state index in [9.17, 15) is 4.79 Å². The monoisotopic (exact) mass is 198 g/mol. The maximum Gasteiger partial charge on any atom is 0.236 e. The molecule has 82 valence electrons. The van der Waals surface area contributed by atoms with Crippen LogP contribution in [0.1, 0.15) is 46.5 Å². The van der Waals surface area contributed by atoms with Gasteiger partial charge in [-0.25, -0.2) is 0 Å². The number of carbonyl (C=O) groups is 1. The Morgan fingerprint density at radius 2 is 2.07 bits per heavy atom. The molecule has 1 unspecified atom stereocenters. The van der Waals surface area contributed by atoms with E-state index in [1.165, 1.54) is 19.3 Å². The summed E-state index contributed by atoms with van der Waals surface area (Å²) in [6.07, 6.45) is 4.85. The molecule has 1 atom stereocenters. The third-order valence-electron chi connectivity index (χ3n) is 3.25. The van der Waals surface area contributed by atoms with Gasteiger partial charge in [0.05, 0.1) is 6.04 Å². The van der Waals surface area contributed by atoms with Crippen LogP contribution in [0.2, 0.25) is 0 Å². The van der Waals surface area contributed by atoms with Crippen LogP contribution in [0.15, 0.2) is 0 Å². The van der Waals surface area contributed by atoms with Gasteiger partial charge in [0.25, 0.3) is 0 Å². The lowest BCUT2D eigenvalue weighted by molar-refractivity contribution is -0.123. The van der Waals surface area contributed by atoms with E-state index < -0.39 is 0 Å². The first-order chi connectivity index (χ1) is 6.63. The number of nitrogens with one attached hydrogen (secondary N) is 2. The average Bonchev–Trinajstić information content (AvgIpc) is 2.11. The summed E-state index contributed by atoms with van der Waals surface area (Å²) in [4.78, 5) is 11.5. The van der Waals surface area contributed by atoms with Crippen LogP contribution in [0.3, 0.4) is 0 Å². The molecule has 2 N–H and O–H groups in total. The van der Waals surface area contributed by atoms with Crippen LogP contribution in [-0.2, 0) is 4.79 Å². The van der Waals surface area contributed by atoms with Gasteiger partial charge in [-0.1, -0.05) is 6.92 Å². The van der Waals surface area contributed by atoms with E-state index in [0.717, 1.165) is 6.42 Å². The van der Waals surface area contributed by atoms with Gasteiger partial charge in [0, 0.05) is 12.1 Å². The Morgan fingerprint density at radius 1 is 1.43 bits per heavy atom. The predicted molar refractivity (Wildman–Crippen MR) is 58.2 cm³/mol. The fraction of sp³-hybridized carbons (Fsp3) is 0.909. The molecule has 3 nitrogen and oxygen atoms in total. The van der Waals surface area contributed by atoms with E-state index in [4.69, 9.17) is 0 Å². The smallest absolute Gasteiger partial charge is 0.236 e. The molecule has 0 spiro atoms. The number of rotatable bonds is 5. The normalized spacial score (nSPS) is 21.1. The molecule has 1 fully saturated rings. The Kier molecular flexibility index (Phi) is 3.93. The minimum absolute atomic E-state index is 0.0600. The number of likely N-dealkylation sites (N-methyl/N-ethyl adjacent to an activating group) is 1. The van der Waals surface area contributed by atoms with Crippen molar-refractivity contribution >= 4 is 5.91 Å². The molecule has 0 aliphatic heterocycles. The zero-order valence-electron chi connectivity index (χ0n) is 9.52. The maximum absolute atomic E-state index is 11.5. The van der Waals surface area contributed by atoms with Crippen LogP contribution in [0.4, 0.5) is 0 Å². The highest BCUT2D eigenvalue weighted by Crippen LogP contribution is 2.34. The summed E-state index contributed by atoms with van der Waals surface area (Å²) in [6.45, 7) is 6.80. The Labute approximate surface area is 86.6 Å². The first-order valence-electron chi connectivity index (χ1n) is 5.69. The van der Waals surface area contributed by atoms with Crippen molar-refractivity contribution in [1.29, 1.82) is 0 Å². The van der Waals surface area contributed by atoms with Gasteiger partial charge < -0.3 is 10.6 Å². The van der Waals surface area contributed by atoms with Gasteiger partial charge in [-0.05, 0) is 39.5 Å². The fourth-order valence-corrected chi connectivity index (χ4v) is 2.06. The predicted octanol–water partition coefficient (Wildman–Crippen LogP) is 1.43. The van der Waals surface area contributed by atoms with Gasteiger partial charge in [-0.3, -0.25) is 4.79 Å². The third kappa shape index (κ3) is 2.47. The molecule has 0 bridgehead atoms. The molecular weight excluding hydrogens is 176 g/mol. The highest BCUT2D eigenvalue weighted by Gasteiger charge is 2.36. The van der Waals surface area contributed by atoms with E-state index in [-0.39, 0.29) is 17.5 Å². The summed E-state index contributed by atoms with van der Waals surface area (Å²) in [7, 11) is 0. The Balaban J connectivity index is 2.38. The molecule has 14 heavy (non-hydrogen) atoms. The SMILES string of the molecule is CCNC(=O)C(C)NC1(CC)CCC1. The highest BCUT2D eigenvalue weighted by molar-refractivity contribution is 5.81. The molecule has 0 aromatic heterocycles. The average molecular weight is 198 g/mol. The summed E-state index contributed by atoms with van der Waals surface area (Å²) in [5.41, 5.74) is 0.254. The van der Waals surface area contributed by atoms with Gasteiger partial charge in [0.1, 0.15) is 0 Å². The van der Waals surface area contributed by atoms with Crippen molar-refractivity contribution in [2.75, 3.05) is 6.54 Å². The summed E-state index contributed by atoms with van der Waals surface area (Å²) >= 11 is 0. The lowest BCUT2D eigenvalue weighted by atomic mass is 9.74. The molecule has 0 aromatic carbocycles. The highest BCUT2D eigenvalue weighted by atomic mass is 16.2. The second kappa shape index (κ2) is 4.78. The van der Waals surface area contributed by atoms with E-state index in [1.807, 2.05) is 13.8 Å². The van der Waals surface area contributed by atoms with E-state index in [2.05, 4.69) is 17.6 Å². The van der Waals surface area contributed by atoms with E-state index in [1.54, 1.807) is 0 Å². The van der Waals surface area contributed by atoms with E-state index in [0.29, 0.717) is 6.54 Å². The van der Waals surface area contributed by atoms with Crippen molar-refractivity contribution in [1.82, 2.24) is 10.6 Å². The van der Waals surface area contributed by atoms with Crippen molar-refractivity contribution in [3.63, 3.8) is 0 Å². The lowest BCUT2D eigenvalue weighted by Crippen LogP contribution is -2.57. The number of hydrogen-bond acceptors (Lipinski definition) is 2. The summed E-state index contributed by atoms with van der Waals surface area (Å²) in [6, 6.07) is -0.0600. The van der Waals surface area contributed by atoms with Gasteiger partial charge in [-0.15, -0.1) is 0 Å². The molecule has 0 heterocycles. The fourth-order valence-electron chi connectivity index (χ4n) is 2.06. The van der Waals surface area contributed by atoms with Crippen LogP contribution in [0.25, 0.3) is 0 Å². The number of hydrogen-bond donors (Lipinski definition) is 2. The quantitative estimate of drug-likeness (QED) is 0.701. The standard InChI is InChI=1S/C11H22N2O/c1-4-11(7-6-8-11)13-9(3)10(14)12-5-2/h9,13H,4-8H2,1-3H3,(H,12,14). The van der Waals surface area contributed by atoms with Crippen molar-refractivity contribution in [2.45, 2.75) is 58.0 Å². The van der Waals surface area contributed by atoms with Gasteiger partial charge >= 0.3 is 0 Å². The summed E-state index contributed by atoms with van der Waals surface area (Å²) in [5, 5.41) is 6.29. The Bertz CT molecular complexity index is 194. The van der Waals surface area contributed by atoms with Crippen LogP contribution in [-0.4, -0.2) is 24.0 Å². The molecule has 1 saturated carbocycles. The summed E-state index contributed by atoms with van der Waals surface area (Å²) in [5.74, 6) is 0.118. The molecular formula is C11H22N2O. The third-order valence-corrected chi connectivity index (χ3v) is 3.25. The van der Waals surface area contributed by atoms with Crippen LogP contribution in [0.5, 0.6) is 0 Å². The van der Waals surface area contributed by atoms with Gasteiger partial charge in [0.2, 0.25) is 5.91 Å². The van der Waals surface area contributed by atoms with Gasteiger partial charge in [0.15, 0.2) is 0 Å². The van der Waals surface area contributed by atoms with E-state index >= 15 is 0 Å². The number of carbonyl (C=O) groups excluding carboxylic acids is 1. The van der Waals surface area contributed by atoms with Crippen molar-refractivity contribution in [3.8, 4) is 0 Å². The molecule has 1 aliphatic carbocycles. The molecule has 0 radical (unpaired) electrons. The Morgan fingerprint density at radius 3 is 2.43 bits per heavy atom. The largest absolute Gasteiger partial charge is 0.355 e. The molecule has 0 saturated heterocycles. The molecule has 1 rings (SSSR count). The minimum Gasteiger partial charge on any atom is -0.355 e. The number of amides is 1. The molecule has 1 aliphatic rings. The molecule has 3 heteroatoms. The first kappa shape index (κ1) is 11.5. The van der Waals surface area contributed by atoms with Crippen LogP contribution >= 0.6 is 0 Å². The summed E-state index contributed by atoms with van der Waals surface area (Å²) < 4.78 is 0.